The van der Waals surface area contributed by atoms with Gasteiger partial charge in [-0.2, -0.15) is 5.26 Å². The van der Waals surface area contributed by atoms with Crippen molar-refractivity contribution in [1.29, 1.82) is 5.26 Å². The van der Waals surface area contributed by atoms with Gasteiger partial charge in [0.2, 0.25) is 5.76 Å². The van der Waals surface area contributed by atoms with Crippen LogP contribution >= 0.6 is 0 Å². The maximum atomic E-state index is 11.9. The van der Waals surface area contributed by atoms with E-state index in [2.05, 4.69) is 0 Å². The molecular weight excluding hydrogens is 274 g/mol. The van der Waals surface area contributed by atoms with Crippen LogP contribution in [-0.2, 0) is 4.79 Å². The number of carboxylic acids is 1. The van der Waals surface area contributed by atoms with Gasteiger partial charge in [-0.05, 0) is 31.0 Å². The number of ether oxygens (including phenoxy) is 1. The van der Waals surface area contributed by atoms with Crippen molar-refractivity contribution in [3.63, 3.8) is 0 Å². The molecule has 0 unspecified atom stereocenters. The van der Waals surface area contributed by atoms with Crippen LogP contribution in [0.5, 0.6) is 5.75 Å². The van der Waals surface area contributed by atoms with Gasteiger partial charge in [-0.3, -0.25) is 4.79 Å². The Balaban J connectivity index is 2.96. The van der Waals surface area contributed by atoms with Gasteiger partial charge in [0.1, 0.15) is 5.75 Å². The molecule has 0 aromatic heterocycles. The van der Waals surface area contributed by atoms with E-state index in [1.807, 2.05) is 13.0 Å². The van der Waals surface area contributed by atoms with Crippen molar-refractivity contribution < 1.29 is 24.5 Å². The van der Waals surface area contributed by atoms with Crippen molar-refractivity contribution in [1.82, 2.24) is 0 Å². The van der Waals surface area contributed by atoms with Gasteiger partial charge in [0.15, 0.2) is 5.78 Å². The first-order valence-electron chi connectivity index (χ1n) is 6.24. The van der Waals surface area contributed by atoms with Crippen LogP contribution in [0, 0.1) is 18.3 Å². The predicted molar refractivity (Wildman–Crippen MR) is 74.2 cm³/mol. The summed E-state index contributed by atoms with van der Waals surface area (Å²) in [5.74, 6) is -2.97. The number of aliphatic carboxylic acids is 1. The van der Waals surface area contributed by atoms with Gasteiger partial charge in [-0.25, -0.2) is 4.79 Å². The van der Waals surface area contributed by atoms with Crippen molar-refractivity contribution in [3.05, 3.63) is 41.2 Å². The molecule has 0 saturated heterocycles. The lowest BCUT2D eigenvalue weighted by Gasteiger charge is -2.10. The number of carboxylic acid groups (broad SMARTS) is 1. The Morgan fingerprint density at radius 3 is 2.71 bits per heavy atom. The molecular formula is C15H15NO5. The molecule has 6 heteroatoms. The molecule has 21 heavy (non-hydrogen) atoms. The number of ketones is 1. The summed E-state index contributed by atoms with van der Waals surface area (Å²) in [5.41, 5.74) is 1.03. The number of carbonyl (C=O) groups excluding carboxylic acids is 1. The Morgan fingerprint density at radius 2 is 2.10 bits per heavy atom. The Bertz CT molecular complexity index is 613. The number of rotatable bonds is 7. The first kappa shape index (κ1) is 16.2. The van der Waals surface area contributed by atoms with E-state index in [0.29, 0.717) is 24.7 Å². The molecule has 0 spiro atoms. The maximum Gasteiger partial charge on any atom is 0.371 e. The van der Waals surface area contributed by atoms with Gasteiger partial charge in [-0.1, -0.05) is 6.07 Å². The minimum absolute atomic E-state index is 0.158. The lowest BCUT2D eigenvalue weighted by Crippen LogP contribution is -2.07. The number of hydrogen-bond acceptors (Lipinski definition) is 5. The zero-order valence-electron chi connectivity index (χ0n) is 11.5. The standard InChI is InChI=1S/C15H15NO5/c1-10-4-5-11(12(17)9-13(18)15(19)20)14(8-10)21-7-3-2-6-16/h4-5,8-9,18H,2-3,7H2,1H3,(H,19,20)/b13-9-. The Hall–Kier alpha value is -2.81. The largest absolute Gasteiger partial charge is 0.502 e. The number of nitrogens with zero attached hydrogens (tertiary/aromatic N) is 1. The molecule has 2 N–H and O–H groups in total. The zero-order chi connectivity index (χ0) is 15.8. The third-order valence-corrected chi connectivity index (χ3v) is 2.58. The summed E-state index contributed by atoms with van der Waals surface area (Å²) >= 11 is 0. The zero-order valence-corrected chi connectivity index (χ0v) is 11.5. The van der Waals surface area contributed by atoms with E-state index in [1.165, 1.54) is 6.07 Å². The topological polar surface area (TPSA) is 108 Å². The summed E-state index contributed by atoms with van der Waals surface area (Å²) < 4.78 is 5.45. The first-order chi connectivity index (χ1) is 9.95. The number of carbonyl (C=O) groups is 2. The minimum atomic E-state index is -1.58. The van der Waals surface area contributed by atoms with Crippen molar-refractivity contribution in [2.75, 3.05) is 6.61 Å². The van der Waals surface area contributed by atoms with Gasteiger partial charge in [-0.15, -0.1) is 0 Å². The number of nitriles is 1. The summed E-state index contributed by atoms with van der Waals surface area (Å²) in [6, 6.07) is 6.82. The van der Waals surface area contributed by atoms with Crippen molar-refractivity contribution in [3.8, 4) is 11.8 Å². The van der Waals surface area contributed by atoms with Crippen LogP contribution in [0.15, 0.2) is 30.0 Å². The van der Waals surface area contributed by atoms with Crippen molar-refractivity contribution in [2.24, 2.45) is 0 Å². The fourth-order valence-corrected chi connectivity index (χ4v) is 1.55. The summed E-state index contributed by atoms with van der Waals surface area (Å²) in [6.07, 6.45) is 1.50. The van der Waals surface area contributed by atoms with Gasteiger partial charge in [0.25, 0.3) is 0 Å². The van der Waals surface area contributed by atoms with Crippen LogP contribution in [-0.4, -0.2) is 28.6 Å². The average molecular weight is 289 g/mol. The van der Waals surface area contributed by atoms with Crippen LogP contribution in [0.3, 0.4) is 0 Å². The fourth-order valence-electron chi connectivity index (χ4n) is 1.55. The smallest absolute Gasteiger partial charge is 0.371 e. The quantitative estimate of drug-likeness (QED) is 0.345. The second kappa shape index (κ2) is 7.70. The van der Waals surface area contributed by atoms with Crippen LogP contribution in [0.2, 0.25) is 0 Å². The third kappa shape index (κ3) is 4.99. The predicted octanol–water partition coefficient (Wildman–Crippen LogP) is 2.39. The number of benzene rings is 1. The molecule has 1 aromatic carbocycles. The number of allylic oxidation sites excluding steroid dienone is 1. The van der Waals surface area contributed by atoms with Crippen LogP contribution in [0.1, 0.15) is 28.8 Å². The van der Waals surface area contributed by atoms with E-state index < -0.39 is 17.5 Å². The Labute approximate surface area is 121 Å². The van der Waals surface area contributed by atoms with Gasteiger partial charge < -0.3 is 14.9 Å². The molecule has 0 aliphatic rings. The summed E-state index contributed by atoms with van der Waals surface area (Å²) in [5, 5.41) is 26.1. The molecule has 0 amide bonds. The van der Waals surface area contributed by atoms with E-state index in [9.17, 15) is 9.59 Å². The molecule has 0 bridgehead atoms. The van der Waals surface area contributed by atoms with Crippen molar-refractivity contribution >= 4 is 11.8 Å². The van der Waals surface area contributed by atoms with Gasteiger partial charge in [0, 0.05) is 12.5 Å². The average Bonchev–Trinajstić information content (AvgIpc) is 2.43. The molecule has 0 saturated carbocycles. The Kier molecular flexibility index (Phi) is 5.96. The molecule has 1 aromatic rings. The van der Waals surface area contributed by atoms with Gasteiger partial charge in [0.05, 0.1) is 18.2 Å². The highest BCUT2D eigenvalue weighted by Gasteiger charge is 2.14. The number of aliphatic hydroxyl groups is 1. The highest BCUT2D eigenvalue weighted by atomic mass is 16.5. The highest BCUT2D eigenvalue weighted by molar-refractivity contribution is 6.09. The highest BCUT2D eigenvalue weighted by Crippen LogP contribution is 2.22. The second-order valence-electron chi connectivity index (χ2n) is 4.31. The number of aliphatic hydroxyl groups excluding tert-OH is 1. The fraction of sp³-hybridized carbons (Fsp3) is 0.267. The third-order valence-electron chi connectivity index (χ3n) is 2.58. The molecule has 0 atom stereocenters. The SMILES string of the molecule is Cc1ccc(C(=O)/C=C(\O)C(=O)O)c(OCCCC#N)c1. The van der Waals surface area contributed by atoms with E-state index >= 15 is 0 Å². The molecule has 0 radical (unpaired) electrons. The van der Waals surface area contributed by atoms with Crippen LogP contribution < -0.4 is 4.74 Å². The first-order valence-corrected chi connectivity index (χ1v) is 6.24. The summed E-state index contributed by atoms with van der Waals surface area (Å²) in [7, 11) is 0. The summed E-state index contributed by atoms with van der Waals surface area (Å²) in [4.78, 5) is 22.5. The molecule has 6 nitrogen and oxygen atoms in total. The van der Waals surface area contributed by atoms with Crippen molar-refractivity contribution in [2.45, 2.75) is 19.8 Å². The maximum absolute atomic E-state index is 11.9. The van der Waals surface area contributed by atoms with E-state index in [4.69, 9.17) is 20.2 Å². The number of aryl methyl sites for hydroxylation is 1. The van der Waals surface area contributed by atoms with E-state index in [-0.39, 0.29) is 12.2 Å². The van der Waals surface area contributed by atoms with Crippen LogP contribution in [0.4, 0.5) is 0 Å². The minimum Gasteiger partial charge on any atom is -0.502 e. The molecule has 0 heterocycles. The Morgan fingerprint density at radius 1 is 1.38 bits per heavy atom. The lowest BCUT2D eigenvalue weighted by molar-refractivity contribution is -0.135. The molecule has 1 rings (SSSR count). The van der Waals surface area contributed by atoms with E-state index in [0.717, 1.165) is 5.56 Å². The lowest BCUT2D eigenvalue weighted by atomic mass is 10.1. The number of unbranched alkanes of at least 4 members (excludes halogenated alkanes) is 1. The summed E-state index contributed by atoms with van der Waals surface area (Å²) in [6.45, 7) is 2.09. The normalized spacial score (nSPS) is 10.8. The molecule has 0 aliphatic heterocycles. The molecule has 0 aliphatic carbocycles. The number of hydrogen-bond donors (Lipinski definition) is 2. The molecule has 110 valence electrons. The van der Waals surface area contributed by atoms with E-state index in [1.54, 1.807) is 12.1 Å². The van der Waals surface area contributed by atoms with Crippen LogP contribution in [0.25, 0.3) is 0 Å². The van der Waals surface area contributed by atoms with Gasteiger partial charge >= 0.3 is 5.97 Å². The molecule has 0 fully saturated rings. The second-order valence-corrected chi connectivity index (χ2v) is 4.31. The monoisotopic (exact) mass is 289 g/mol.